The van der Waals surface area contributed by atoms with Crippen molar-refractivity contribution in [2.45, 2.75) is 6.92 Å². The number of hydrogen-bond acceptors (Lipinski definition) is 5. The first kappa shape index (κ1) is 15.2. The molecule has 23 heavy (non-hydrogen) atoms. The maximum absolute atomic E-state index is 13.2. The van der Waals surface area contributed by atoms with Crippen LogP contribution in [0.25, 0.3) is 11.1 Å². The zero-order valence-electron chi connectivity index (χ0n) is 12.5. The summed E-state index contributed by atoms with van der Waals surface area (Å²) in [6.45, 7) is 1.90. The van der Waals surface area contributed by atoms with Gasteiger partial charge < -0.3 is 5.73 Å². The van der Waals surface area contributed by atoms with E-state index in [4.69, 9.17) is 5.73 Å². The molecule has 0 radical (unpaired) electrons. The lowest BCUT2D eigenvalue weighted by atomic mass is 9.99. The number of aromatic nitrogens is 1. The summed E-state index contributed by atoms with van der Waals surface area (Å²) in [6, 6.07) is 12.7. The minimum absolute atomic E-state index is 0.219. The summed E-state index contributed by atoms with van der Waals surface area (Å²) < 4.78 is 13.2. The molecule has 3 N–H and O–H groups in total. The third kappa shape index (κ3) is 3.73. The second kappa shape index (κ2) is 6.58. The van der Waals surface area contributed by atoms with Gasteiger partial charge in [-0.15, -0.1) is 11.3 Å². The summed E-state index contributed by atoms with van der Waals surface area (Å²) in [4.78, 5) is 4.05. The molecule has 116 valence electrons. The van der Waals surface area contributed by atoms with Gasteiger partial charge in [0.1, 0.15) is 11.6 Å². The lowest BCUT2D eigenvalue weighted by Crippen LogP contribution is -1.91. The third-order valence-corrected chi connectivity index (χ3v) is 4.07. The molecule has 4 nitrogen and oxygen atoms in total. The van der Waals surface area contributed by atoms with Crippen LogP contribution in [0.2, 0.25) is 0 Å². The molecule has 0 fully saturated rings. The van der Waals surface area contributed by atoms with Crippen LogP contribution in [0.3, 0.4) is 0 Å². The van der Waals surface area contributed by atoms with E-state index in [0.717, 1.165) is 22.3 Å². The lowest BCUT2D eigenvalue weighted by Gasteiger charge is -2.06. The fraction of sp³-hybridized carbons (Fsp3) is 0.0588. The fourth-order valence-corrected chi connectivity index (χ4v) is 2.75. The Bertz CT molecular complexity index is 840. The van der Waals surface area contributed by atoms with Crippen LogP contribution in [0.15, 0.2) is 52.9 Å². The number of nitrogens with one attached hydrogen (secondary N) is 1. The average molecular weight is 326 g/mol. The number of anilines is 2. The maximum atomic E-state index is 13.2. The summed E-state index contributed by atoms with van der Waals surface area (Å²) in [5, 5.41) is 6.52. The highest BCUT2D eigenvalue weighted by atomic mass is 32.1. The maximum Gasteiger partial charge on any atom is 0.205 e. The number of hydrazone groups is 1. The quantitative estimate of drug-likeness (QED) is 0.555. The molecular weight excluding hydrogens is 311 g/mol. The molecule has 0 aliphatic rings. The van der Waals surface area contributed by atoms with Crippen LogP contribution in [0.5, 0.6) is 0 Å². The van der Waals surface area contributed by atoms with Crippen molar-refractivity contribution in [2.24, 2.45) is 5.10 Å². The molecule has 0 atom stereocenters. The van der Waals surface area contributed by atoms with Crippen molar-refractivity contribution in [2.75, 3.05) is 11.2 Å². The summed E-state index contributed by atoms with van der Waals surface area (Å²) in [5.74, 6) is 0.260. The van der Waals surface area contributed by atoms with Gasteiger partial charge in [0.05, 0.1) is 6.21 Å². The highest BCUT2D eigenvalue weighted by molar-refractivity contribution is 7.14. The molecule has 0 bridgehead atoms. The number of nitrogen functional groups attached to an aromatic ring is 1. The van der Waals surface area contributed by atoms with Gasteiger partial charge in [-0.05, 0) is 41.3 Å². The molecule has 0 saturated carbocycles. The Kier molecular flexibility index (Phi) is 4.34. The predicted octanol–water partition coefficient (Wildman–Crippen LogP) is 4.29. The second-order valence-corrected chi connectivity index (χ2v) is 5.89. The van der Waals surface area contributed by atoms with E-state index in [2.05, 4.69) is 15.5 Å². The van der Waals surface area contributed by atoms with E-state index in [1.165, 1.54) is 23.5 Å². The van der Waals surface area contributed by atoms with Crippen LogP contribution in [-0.4, -0.2) is 11.2 Å². The molecule has 1 aromatic heterocycles. The number of rotatable bonds is 4. The number of aryl methyl sites for hydroxylation is 1. The van der Waals surface area contributed by atoms with Gasteiger partial charge in [0.15, 0.2) is 0 Å². The summed E-state index contributed by atoms with van der Waals surface area (Å²) in [6.07, 6.45) is 1.71. The van der Waals surface area contributed by atoms with E-state index in [1.807, 2.05) is 31.2 Å². The van der Waals surface area contributed by atoms with Gasteiger partial charge in [0.2, 0.25) is 5.13 Å². The molecule has 0 spiro atoms. The van der Waals surface area contributed by atoms with Crippen LogP contribution < -0.4 is 11.2 Å². The number of hydrogen-bond donors (Lipinski definition) is 2. The van der Waals surface area contributed by atoms with E-state index < -0.39 is 0 Å². The molecule has 1 heterocycles. The number of halogens is 1. The Morgan fingerprint density at radius 3 is 2.65 bits per heavy atom. The van der Waals surface area contributed by atoms with Gasteiger partial charge in [0, 0.05) is 5.38 Å². The van der Waals surface area contributed by atoms with Crippen LogP contribution in [-0.2, 0) is 0 Å². The summed E-state index contributed by atoms with van der Waals surface area (Å²) in [7, 11) is 0. The number of benzene rings is 2. The standard InChI is InChI=1S/C17H15FN4S/c1-11-8-14(18)6-7-15(11)13-4-2-12(3-5-13)9-20-22-17-21-16(19)10-23-17/h2-10H,19H2,1H3,(H,21,22). The van der Waals surface area contributed by atoms with Crippen molar-refractivity contribution < 1.29 is 4.39 Å². The third-order valence-electron chi connectivity index (χ3n) is 3.31. The Balaban J connectivity index is 1.71. The van der Waals surface area contributed by atoms with Crippen LogP contribution >= 0.6 is 11.3 Å². The normalized spacial score (nSPS) is 11.0. The number of thiazole rings is 1. The molecule has 3 aromatic rings. The lowest BCUT2D eigenvalue weighted by molar-refractivity contribution is 0.627. The molecule has 0 unspecified atom stereocenters. The van der Waals surface area contributed by atoms with E-state index in [-0.39, 0.29) is 5.82 Å². The van der Waals surface area contributed by atoms with Crippen molar-refractivity contribution in [3.8, 4) is 11.1 Å². The van der Waals surface area contributed by atoms with Crippen molar-refractivity contribution in [3.05, 3.63) is 64.8 Å². The van der Waals surface area contributed by atoms with E-state index in [1.54, 1.807) is 17.7 Å². The van der Waals surface area contributed by atoms with Crippen molar-refractivity contribution in [1.29, 1.82) is 0 Å². The van der Waals surface area contributed by atoms with Gasteiger partial charge in [0.25, 0.3) is 0 Å². The van der Waals surface area contributed by atoms with Gasteiger partial charge in [-0.1, -0.05) is 30.3 Å². The smallest absolute Gasteiger partial charge is 0.205 e. The second-order valence-electron chi connectivity index (χ2n) is 5.03. The Labute approximate surface area is 137 Å². The first-order valence-corrected chi connectivity index (χ1v) is 7.86. The van der Waals surface area contributed by atoms with Crippen molar-refractivity contribution in [1.82, 2.24) is 4.98 Å². The minimum atomic E-state index is -0.219. The molecule has 0 saturated heterocycles. The Morgan fingerprint density at radius 2 is 2.00 bits per heavy atom. The van der Waals surface area contributed by atoms with Gasteiger partial charge in [-0.25, -0.2) is 9.37 Å². The van der Waals surface area contributed by atoms with E-state index in [9.17, 15) is 4.39 Å². The van der Waals surface area contributed by atoms with Gasteiger partial charge in [-0.3, -0.25) is 5.43 Å². The van der Waals surface area contributed by atoms with Crippen molar-refractivity contribution >= 4 is 28.5 Å². The first-order chi connectivity index (χ1) is 11.1. The van der Waals surface area contributed by atoms with Crippen LogP contribution in [0.4, 0.5) is 15.3 Å². The number of nitrogens with zero attached hydrogens (tertiary/aromatic N) is 2. The van der Waals surface area contributed by atoms with E-state index in [0.29, 0.717) is 10.9 Å². The Morgan fingerprint density at radius 1 is 1.22 bits per heavy atom. The monoisotopic (exact) mass is 326 g/mol. The van der Waals surface area contributed by atoms with Crippen LogP contribution in [0.1, 0.15) is 11.1 Å². The zero-order valence-corrected chi connectivity index (χ0v) is 13.3. The van der Waals surface area contributed by atoms with Crippen molar-refractivity contribution in [3.63, 3.8) is 0 Å². The predicted molar refractivity (Wildman–Crippen MR) is 94.3 cm³/mol. The summed E-state index contributed by atoms with van der Waals surface area (Å²) in [5.41, 5.74) is 12.3. The molecule has 2 aromatic carbocycles. The SMILES string of the molecule is Cc1cc(F)ccc1-c1ccc(C=NNc2nc(N)cs2)cc1. The largest absolute Gasteiger partial charge is 0.383 e. The molecule has 0 amide bonds. The van der Waals surface area contributed by atoms with Crippen LogP contribution in [0, 0.1) is 12.7 Å². The highest BCUT2D eigenvalue weighted by Gasteiger charge is 2.03. The molecule has 0 aliphatic carbocycles. The van der Waals surface area contributed by atoms with Gasteiger partial charge in [-0.2, -0.15) is 5.10 Å². The molecule has 0 aliphatic heterocycles. The highest BCUT2D eigenvalue weighted by Crippen LogP contribution is 2.24. The summed E-state index contributed by atoms with van der Waals surface area (Å²) >= 11 is 1.40. The topological polar surface area (TPSA) is 63.3 Å². The number of nitrogens with two attached hydrogens (primary N) is 1. The molecule has 6 heteroatoms. The molecule has 3 rings (SSSR count). The fourth-order valence-electron chi connectivity index (χ4n) is 2.20. The first-order valence-electron chi connectivity index (χ1n) is 6.98. The minimum Gasteiger partial charge on any atom is -0.383 e. The van der Waals surface area contributed by atoms with Gasteiger partial charge >= 0.3 is 0 Å². The van der Waals surface area contributed by atoms with E-state index >= 15 is 0 Å². The Hall–Kier alpha value is -2.73. The molecular formula is C17H15FN4S. The average Bonchev–Trinajstić information content (AvgIpc) is 2.94. The zero-order chi connectivity index (χ0) is 16.2.